The molecule has 0 saturated heterocycles. The smallest absolute Gasteiger partial charge is 0.134 e. The maximum Gasteiger partial charge on any atom is 0.134 e. The molecule has 0 spiro atoms. The highest BCUT2D eigenvalue weighted by molar-refractivity contribution is 5.77. The molecule has 1 aromatic heterocycles. The summed E-state index contributed by atoms with van der Waals surface area (Å²) in [5.41, 5.74) is 2.28. The Morgan fingerprint density at radius 2 is 1.71 bits per heavy atom. The molecular formula is C19H21NO. The maximum absolute atomic E-state index is 6.06. The molecule has 0 aliphatic rings. The van der Waals surface area contributed by atoms with Crippen LogP contribution >= 0.6 is 0 Å². The standard InChI is InChI=1S/C19H21NO/c1-3-20-19(14(2)15-9-5-4-6-10-15)18-13-16-11-7-8-12-17(16)21-18/h4-14,19-20H,3H2,1-2H3. The number of furan rings is 1. The summed E-state index contributed by atoms with van der Waals surface area (Å²) >= 11 is 0. The molecule has 0 bridgehead atoms. The summed E-state index contributed by atoms with van der Waals surface area (Å²) in [6, 6.07) is 21.1. The van der Waals surface area contributed by atoms with Crippen LogP contribution in [0.3, 0.4) is 0 Å². The first-order valence-electron chi connectivity index (χ1n) is 7.56. The first kappa shape index (κ1) is 13.9. The Hall–Kier alpha value is -2.06. The minimum atomic E-state index is 0.185. The van der Waals surface area contributed by atoms with Crippen LogP contribution in [0.15, 0.2) is 65.1 Å². The molecule has 2 heteroatoms. The van der Waals surface area contributed by atoms with Crippen molar-refractivity contribution in [3.05, 3.63) is 72.0 Å². The average Bonchev–Trinajstić information content (AvgIpc) is 2.96. The zero-order chi connectivity index (χ0) is 14.7. The number of likely N-dealkylation sites (N-methyl/N-ethyl adjacent to an activating group) is 1. The summed E-state index contributed by atoms with van der Waals surface area (Å²) in [6.07, 6.45) is 0. The molecule has 0 saturated carbocycles. The van der Waals surface area contributed by atoms with Gasteiger partial charge in [-0.05, 0) is 24.2 Å². The van der Waals surface area contributed by atoms with Crippen LogP contribution < -0.4 is 5.32 Å². The van der Waals surface area contributed by atoms with Crippen molar-refractivity contribution in [3.8, 4) is 0 Å². The van der Waals surface area contributed by atoms with Crippen molar-refractivity contribution >= 4 is 11.0 Å². The molecule has 2 aromatic carbocycles. The molecule has 108 valence electrons. The van der Waals surface area contributed by atoms with Crippen molar-refractivity contribution in [1.29, 1.82) is 0 Å². The molecule has 0 amide bonds. The van der Waals surface area contributed by atoms with Gasteiger partial charge in [-0.2, -0.15) is 0 Å². The van der Waals surface area contributed by atoms with E-state index in [9.17, 15) is 0 Å². The fourth-order valence-corrected chi connectivity index (χ4v) is 2.85. The van der Waals surface area contributed by atoms with Crippen LogP contribution in [0.5, 0.6) is 0 Å². The Morgan fingerprint density at radius 3 is 2.43 bits per heavy atom. The summed E-state index contributed by atoms with van der Waals surface area (Å²) in [5.74, 6) is 1.36. The van der Waals surface area contributed by atoms with Crippen molar-refractivity contribution in [2.75, 3.05) is 6.54 Å². The number of para-hydroxylation sites is 1. The predicted molar refractivity (Wildman–Crippen MR) is 87.5 cm³/mol. The van der Waals surface area contributed by atoms with Gasteiger partial charge in [-0.25, -0.2) is 0 Å². The van der Waals surface area contributed by atoms with E-state index in [1.165, 1.54) is 5.56 Å². The zero-order valence-electron chi connectivity index (χ0n) is 12.5. The largest absolute Gasteiger partial charge is 0.459 e. The first-order chi connectivity index (χ1) is 10.3. The Kier molecular flexibility index (Phi) is 4.07. The van der Waals surface area contributed by atoms with Crippen LogP contribution in [0.25, 0.3) is 11.0 Å². The molecule has 3 rings (SSSR count). The predicted octanol–water partition coefficient (Wildman–Crippen LogP) is 4.89. The van der Waals surface area contributed by atoms with E-state index in [-0.39, 0.29) is 6.04 Å². The van der Waals surface area contributed by atoms with Crippen molar-refractivity contribution < 1.29 is 4.42 Å². The lowest BCUT2D eigenvalue weighted by molar-refractivity contribution is 0.395. The molecule has 0 radical (unpaired) electrons. The van der Waals surface area contributed by atoms with Gasteiger partial charge in [-0.3, -0.25) is 0 Å². The van der Waals surface area contributed by atoms with Crippen LogP contribution in [0, 0.1) is 0 Å². The van der Waals surface area contributed by atoms with Gasteiger partial charge in [0.05, 0.1) is 6.04 Å². The van der Waals surface area contributed by atoms with Gasteiger partial charge in [-0.1, -0.05) is 62.4 Å². The quantitative estimate of drug-likeness (QED) is 0.719. The third-order valence-electron chi connectivity index (χ3n) is 4.00. The van der Waals surface area contributed by atoms with E-state index in [0.717, 1.165) is 23.3 Å². The second kappa shape index (κ2) is 6.15. The molecule has 1 N–H and O–H groups in total. The number of hydrogen-bond acceptors (Lipinski definition) is 2. The molecule has 1 heterocycles. The monoisotopic (exact) mass is 279 g/mol. The van der Waals surface area contributed by atoms with Crippen LogP contribution in [0.4, 0.5) is 0 Å². The minimum Gasteiger partial charge on any atom is -0.459 e. The van der Waals surface area contributed by atoms with E-state index >= 15 is 0 Å². The maximum atomic E-state index is 6.06. The molecule has 2 nitrogen and oxygen atoms in total. The fourth-order valence-electron chi connectivity index (χ4n) is 2.85. The van der Waals surface area contributed by atoms with Crippen LogP contribution in [-0.4, -0.2) is 6.54 Å². The summed E-state index contributed by atoms with van der Waals surface area (Å²) in [6.45, 7) is 5.29. The Labute approximate surface area is 125 Å². The van der Waals surface area contributed by atoms with E-state index in [4.69, 9.17) is 4.42 Å². The van der Waals surface area contributed by atoms with Gasteiger partial charge < -0.3 is 9.73 Å². The topological polar surface area (TPSA) is 25.2 Å². The highest BCUT2D eigenvalue weighted by Gasteiger charge is 2.23. The second-order valence-corrected chi connectivity index (χ2v) is 5.42. The Bertz CT molecular complexity index is 669. The van der Waals surface area contributed by atoms with Crippen LogP contribution in [0.1, 0.15) is 37.1 Å². The number of benzene rings is 2. The lowest BCUT2D eigenvalue weighted by Gasteiger charge is -2.23. The number of fused-ring (bicyclic) bond motifs is 1. The fraction of sp³-hybridized carbons (Fsp3) is 0.263. The van der Waals surface area contributed by atoms with Gasteiger partial charge in [0.1, 0.15) is 11.3 Å². The highest BCUT2D eigenvalue weighted by atomic mass is 16.3. The van der Waals surface area contributed by atoms with E-state index in [1.54, 1.807) is 0 Å². The normalized spacial score (nSPS) is 14.2. The van der Waals surface area contributed by atoms with E-state index in [2.05, 4.69) is 61.6 Å². The van der Waals surface area contributed by atoms with Gasteiger partial charge in [-0.15, -0.1) is 0 Å². The summed E-state index contributed by atoms with van der Waals surface area (Å²) in [7, 11) is 0. The molecule has 0 aliphatic heterocycles. The molecule has 2 unspecified atom stereocenters. The van der Waals surface area contributed by atoms with Gasteiger partial charge >= 0.3 is 0 Å². The summed E-state index contributed by atoms with van der Waals surface area (Å²) in [5, 5.41) is 4.73. The Morgan fingerprint density at radius 1 is 1.00 bits per heavy atom. The molecule has 0 fully saturated rings. The summed E-state index contributed by atoms with van der Waals surface area (Å²) in [4.78, 5) is 0. The van der Waals surface area contributed by atoms with Crippen LogP contribution in [0.2, 0.25) is 0 Å². The molecule has 3 aromatic rings. The summed E-state index contributed by atoms with van der Waals surface area (Å²) < 4.78 is 6.06. The third-order valence-corrected chi connectivity index (χ3v) is 4.00. The Balaban J connectivity index is 1.97. The molecule has 2 atom stereocenters. The number of nitrogens with one attached hydrogen (secondary N) is 1. The van der Waals surface area contributed by atoms with E-state index in [1.807, 2.05) is 18.2 Å². The first-order valence-corrected chi connectivity index (χ1v) is 7.56. The zero-order valence-corrected chi connectivity index (χ0v) is 12.5. The molecular weight excluding hydrogens is 258 g/mol. The van der Waals surface area contributed by atoms with E-state index < -0.39 is 0 Å². The van der Waals surface area contributed by atoms with Gasteiger partial charge in [0.2, 0.25) is 0 Å². The molecule has 0 aliphatic carbocycles. The van der Waals surface area contributed by atoms with Crippen molar-refractivity contribution in [2.24, 2.45) is 0 Å². The van der Waals surface area contributed by atoms with Gasteiger partial charge in [0.15, 0.2) is 0 Å². The van der Waals surface area contributed by atoms with Crippen LogP contribution in [-0.2, 0) is 0 Å². The van der Waals surface area contributed by atoms with Crippen molar-refractivity contribution in [2.45, 2.75) is 25.8 Å². The lowest BCUT2D eigenvalue weighted by Crippen LogP contribution is -2.25. The van der Waals surface area contributed by atoms with Crippen molar-refractivity contribution in [3.63, 3.8) is 0 Å². The second-order valence-electron chi connectivity index (χ2n) is 5.42. The minimum absolute atomic E-state index is 0.185. The average molecular weight is 279 g/mol. The lowest BCUT2D eigenvalue weighted by atomic mass is 9.91. The third kappa shape index (κ3) is 2.86. The van der Waals surface area contributed by atoms with Crippen molar-refractivity contribution in [1.82, 2.24) is 5.32 Å². The number of rotatable bonds is 5. The van der Waals surface area contributed by atoms with E-state index in [0.29, 0.717) is 5.92 Å². The number of hydrogen-bond donors (Lipinski definition) is 1. The van der Waals surface area contributed by atoms with Gasteiger partial charge in [0, 0.05) is 11.3 Å². The SMILES string of the molecule is CCNC(c1cc2ccccc2o1)C(C)c1ccccc1. The van der Waals surface area contributed by atoms with Gasteiger partial charge in [0.25, 0.3) is 0 Å². The highest BCUT2D eigenvalue weighted by Crippen LogP contribution is 2.33. The molecule has 21 heavy (non-hydrogen) atoms.